The van der Waals surface area contributed by atoms with Gasteiger partial charge in [-0.05, 0) is 29.8 Å². The second-order valence-corrected chi connectivity index (χ2v) is 5.04. The molecule has 20 heavy (non-hydrogen) atoms. The van der Waals surface area contributed by atoms with Crippen molar-refractivity contribution in [3.8, 4) is 11.4 Å². The van der Waals surface area contributed by atoms with Crippen LogP contribution in [-0.2, 0) is 0 Å². The largest absolute Gasteiger partial charge is 0.369 e. The minimum absolute atomic E-state index is 0.00510. The zero-order chi connectivity index (χ0) is 14.7. The lowest BCUT2D eigenvalue weighted by Crippen LogP contribution is -2.04. The van der Waals surface area contributed by atoms with Crippen LogP contribution in [0.25, 0.3) is 11.4 Å². The van der Waals surface area contributed by atoms with Gasteiger partial charge in [0.1, 0.15) is 5.82 Å². The van der Waals surface area contributed by atoms with E-state index < -0.39 is 6.43 Å². The zero-order valence-corrected chi connectivity index (χ0v) is 12.7. The smallest absolute Gasteiger partial charge is 0.263 e. The molecular formula is C14H14BrF2N3. The molecule has 0 radical (unpaired) electrons. The Bertz CT molecular complexity index is 600. The summed E-state index contributed by atoms with van der Waals surface area (Å²) in [6.07, 6.45) is -2.46. The molecule has 2 aromatic rings. The van der Waals surface area contributed by atoms with Crippen molar-refractivity contribution in [3.63, 3.8) is 0 Å². The molecule has 0 fully saturated rings. The third kappa shape index (κ3) is 3.12. The predicted octanol–water partition coefficient (Wildman–Crippen LogP) is 4.58. The maximum atomic E-state index is 12.5. The molecule has 0 amide bonds. The number of anilines is 1. The molecule has 1 aromatic carbocycles. The van der Waals surface area contributed by atoms with Crippen molar-refractivity contribution in [2.24, 2.45) is 0 Å². The van der Waals surface area contributed by atoms with E-state index in [1.807, 2.05) is 13.8 Å². The van der Waals surface area contributed by atoms with Gasteiger partial charge in [0.25, 0.3) is 6.43 Å². The van der Waals surface area contributed by atoms with Crippen LogP contribution >= 0.6 is 15.9 Å². The summed E-state index contributed by atoms with van der Waals surface area (Å²) in [5.74, 6) is 1.22. The van der Waals surface area contributed by atoms with Gasteiger partial charge in [-0.1, -0.05) is 24.3 Å². The van der Waals surface area contributed by atoms with Crippen LogP contribution < -0.4 is 5.32 Å². The molecule has 0 aliphatic heterocycles. The maximum Gasteiger partial charge on any atom is 0.263 e. The first-order valence-corrected chi connectivity index (χ1v) is 6.98. The van der Waals surface area contributed by atoms with Gasteiger partial charge in [-0.25, -0.2) is 18.7 Å². The number of benzene rings is 1. The first kappa shape index (κ1) is 14.8. The molecule has 0 atom stereocenters. The van der Waals surface area contributed by atoms with Crippen molar-refractivity contribution in [1.29, 1.82) is 0 Å². The van der Waals surface area contributed by atoms with E-state index in [0.717, 1.165) is 16.7 Å². The van der Waals surface area contributed by atoms with Gasteiger partial charge in [-0.15, -0.1) is 0 Å². The topological polar surface area (TPSA) is 37.8 Å². The first-order valence-electron chi connectivity index (χ1n) is 6.19. The second-order valence-electron chi connectivity index (χ2n) is 4.25. The Balaban J connectivity index is 2.41. The Morgan fingerprint density at radius 1 is 1.20 bits per heavy atom. The van der Waals surface area contributed by atoms with Gasteiger partial charge in [-0.3, -0.25) is 0 Å². The summed E-state index contributed by atoms with van der Waals surface area (Å²) in [7, 11) is 0. The lowest BCUT2D eigenvalue weighted by atomic mass is 10.1. The number of hydrogen-bond donors (Lipinski definition) is 1. The SMILES string of the molecule is CCNc1nc(-c2ccc(C(F)F)cc2)nc(C)c1Br. The number of rotatable bonds is 4. The standard InChI is InChI=1S/C14H14BrF2N3/c1-3-18-14-11(15)8(2)19-13(20-14)10-6-4-9(5-7-10)12(16)17/h4-7,12H,3H2,1-2H3,(H,18,19,20). The molecule has 1 N–H and O–H groups in total. The van der Waals surface area contributed by atoms with Gasteiger partial charge in [0, 0.05) is 17.7 Å². The van der Waals surface area contributed by atoms with Gasteiger partial charge in [0.05, 0.1) is 10.2 Å². The molecule has 1 heterocycles. The van der Waals surface area contributed by atoms with Crippen LogP contribution in [-0.4, -0.2) is 16.5 Å². The van der Waals surface area contributed by atoms with Crippen molar-refractivity contribution >= 4 is 21.7 Å². The third-order valence-corrected chi connectivity index (χ3v) is 3.73. The van der Waals surface area contributed by atoms with E-state index in [2.05, 4.69) is 31.2 Å². The first-order chi connectivity index (χ1) is 9.52. The number of nitrogens with zero attached hydrogens (tertiary/aromatic N) is 2. The van der Waals surface area contributed by atoms with E-state index in [1.54, 1.807) is 12.1 Å². The Morgan fingerprint density at radius 3 is 2.40 bits per heavy atom. The number of alkyl halides is 2. The van der Waals surface area contributed by atoms with Crippen LogP contribution in [0.15, 0.2) is 28.7 Å². The van der Waals surface area contributed by atoms with Crippen LogP contribution in [0.3, 0.4) is 0 Å². The summed E-state index contributed by atoms with van der Waals surface area (Å²) in [4.78, 5) is 8.79. The van der Waals surface area contributed by atoms with Gasteiger partial charge in [0.2, 0.25) is 0 Å². The summed E-state index contributed by atoms with van der Waals surface area (Å²) in [5.41, 5.74) is 1.50. The number of halogens is 3. The molecule has 0 bridgehead atoms. The monoisotopic (exact) mass is 341 g/mol. The Labute approximate surface area is 124 Å². The lowest BCUT2D eigenvalue weighted by Gasteiger charge is -2.10. The summed E-state index contributed by atoms with van der Waals surface area (Å²) >= 11 is 3.43. The molecule has 106 valence electrons. The minimum atomic E-state index is -2.46. The Kier molecular flexibility index (Phi) is 4.65. The maximum absolute atomic E-state index is 12.5. The van der Waals surface area contributed by atoms with Crippen LogP contribution in [0.5, 0.6) is 0 Å². The lowest BCUT2D eigenvalue weighted by molar-refractivity contribution is 0.151. The molecule has 0 unspecified atom stereocenters. The van der Waals surface area contributed by atoms with Crippen molar-refractivity contribution < 1.29 is 8.78 Å². The van der Waals surface area contributed by atoms with E-state index >= 15 is 0 Å². The molecular weight excluding hydrogens is 328 g/mol. The third-order valence-electron chi connectivity index (χ3n) is 2.78. The van der Waals surface area contributed by atoms with E-state index in [0.29, 0.717) is 17.2 Å². The highest BCUT2D eigenvalue weighted by molar-refractivity contribution is 9.10. The van der Waals surface area contributed by atoms with Crippen molar-refractivity contribution in [2.75, 3.05) is 11.9 Å². The fourth-order valence-electron chi connectivity index (χ4n) is 1.75. The fraction of sp³-hybridized carbons (Fsp3) is 0.286. The number of aromatic nitrogens is 2. The second kappa shape index (κ2) is 6.26. The number of hydrogen-bond acceptors (Lipinski definition) is 3. The average Bonchev–Trinajstić information content (AvgIpc) is 2.44. The summed E-state index contributed by atoms with van der Waals surface area (Å²) in [6, 6.07) is 6.01. The summed E-state index contributed by atoms with van der Waals surface area (Å²) in [5, 5.41) is 3.14. The molecule has 2 rings (SSSR count). The van der Waals surface area contributed by atoms with Crippen molar-refractivity contribution in [3.05, 3.63) is 40.0 Å². The van der Waals surface area contributed by atoms with Crippen LogP contribution in [0.2, 0.25) is 0 Å². The van der Waals surface area contributed by atoms with Crippen molar-refractivity contribution in [1.82, 2.24) is 9.97 Å². The van der Waals surface area contributed by atoms with Crippen LogP contribution in [0.4, 0.5) is 14.6 Å². The van der Waals surface area contributed by atoms with Crippen LogP contribution in [0, 0.1) is 6.92 Å². The highest BCUT2D eigenvalue weighted by Gasteiger charge is 2.11. The zero-order valence-electron chi connectivity index (χ0n) is 11.1. The van der Waals surface area contributed by atoms with E-state index in [9.17, 15) is 8.78 Å². The summed E-state index contributed by atoms with van der Waals surface area (Å²) in [6.45, 7) is 4.57. The molecule has 0 spiro atoms. The molecule has 1 aromatic heterocycles. The van der Waals surface area contributed by atoms with E-state index in [1.165, 1.54) is 12.1 Å². The van der Waals surface area contributed by atoms with Gasteiger partial charge < -0.3 is 5.32 Å². The van der Waals surface area contributed by atoms with Crippen LogP contribution in [0.1, 0.15) is 24.6 Å². The fourth-order valence-corrected chi connectivity index (χ4v) is 2.07. The van der Waals surface area contributed by atoms with Gasteiger partial charge >= 0.3 is 0 Å². The minimum Gasteiger partial charge on any atom is -0.369 e. The molecule has 0 aliphatic carbocycles. The molecule has 0 aliphatic rings. The van der Waals surface area contributed by atoms with E-state index in [-0.39, 0.29) is 5.56 Å². The summed E-state index contributed by atoms with van der Waals surface area (Å²) < 4.78 is 25.9. The highest BCUT2D eigenvalue weighted by Crippen LogP contribution is 2.27. The van der Waals surface area contributed by atoms with Gasteiger partial charge in [0.15, 0.2) is 5.82 Å². The molecule has 3 nitrogen and oxygen atoms in total. The molecule has 6 heteroatoms. The predicted molar refractivity (Wildman–Crippen MR) is 79.0 cm³/mol. The molecule has 0 saturated heterocycles. The van der Waals surface area contributed by atoms with Crippen molar-refractivity contribution in [2.45, 2.75) is 20.3 Å². The highest BCUT2D eigenvalue weighted by atomic mass is 79.9. The quantitative estimate of drug-likeness (QED) is 0.884. The number of nitrogens with one attached hydrogen (secondary N) is 1. The molecule has 0 saturated carbocycles. The Morgan fingerprint density at radius 2 is 1.85 bits per heavy atom. The number of aryl methyl sites for hydroxylation is 1. The normalized spacial score (nSPS) is 10.9. The average molecular weight is 342 g/mol. The van der Waals surface area contributed by atoms with E-state index in [4.69, 9.17) is 0 Å². The Hall–Kier alpha value is -1.56. The van der Waals surface area contributed by atoms with Gasteiger partial charge in [-0.2, -0.15) is 0 Å².